The minimum absolute atomic E-state index is 0.102. The number of nitrogens with one attached hydrogen (secondary N) is 1. The maximum atomic E-state index is 12.5. The molecule has 1 amide bonds. The summed E-state index contributed by atoms with van der Waals surface area (Å²) in [6.07, 6.45) is 0. The fourth-order valence-corrected chi connectivity index (χ4v) is 2.68. The van der Waals surface area contributed by atoms with Crippen LogP contribution in [0, 0.1) is 17.2 Å². The Kier molecular flexibility index (Phi) is 6.45. The first-order valence-corrected chi connectivity index (χ1v) is 8.38. The summed E-state index contributed by atoms with van der Waals surface area (Å²) in [4.78, 5) is 25.3. The van der Waals surface area contributed by atoms with Crippen molar-refractivity contribution >= 4 is 5.91 Å². The van der Waals surface area contributed by atoms with Gasteiger partial charge in [-0.25, -0.2) is 0 Å². The van der Waals surface area contributed by atoms with Gasteiger partial charge in [-0.1, -0.05) is 31.2 Å². The molecule has 0 spiro atoms. The van der Waals surface area contributed by atoms with Crippen LogP contribution in [-0.2, 0) is 11.3 Å². The summed E-state index contributed by atoms with van der Waals surface area (Å²) in [6, 6.07) is 6.02. The number of aryl methyl sites for hydroxylation is 1. The number of rotatable bonds is 7. The Hall–Kier alpha value is -1.79. The fraction of sp³-hybridized carbons (Fsp3) is 0.611. The van der Waals surface area contributed by atoms with Crippen LogP contribution in [0.15, 0.2) is 23.4 Å². The molecule has 132 valence electrons. The third-order valence-electron chi connectivity index (χ3n) is 4.28. The Bertz CT molecular complexity index is 581. The Morgan fingerprint density at radius 3 is 2.71 bits per heavy atom. The lowest BCUT2D eigenvalue weighted by Gasteiger charge is -2.27. The lowest BCUT2D eigenvalue weighted by atomic mass is 9.93. The number of hydrogen-bond acceptors (Lipinski definition) is 5. The number of carbonyl (C=O) groups is 1. The maximum absolute atomic E-state index is 12.5. The molecule has 1 aromatic rings. The molecular formula is C18H27N3O3. The van der Waals surface area contributed by atoms with Gasteiger partial charge in [0.25, 0.3) is 5.91 Å². The van der Waals surface area contributed by atoms with Gasteiger partial charge in [0.2, 0.25) is 0 Å². The van der Waals surface area contributed by atoms with E-state index in [2.05, 4.69) is 21.5 Å². The van der Waals surface area contributed by atoms with E-state index in [0.717, 1.165) is 44.0 Å². The van der Waals surface area contributed by atoms with Gasteiger partial charge in [-0.3, -0.25) is 9.69 Å². The number of nitroso groups, excluding NO2 is 1. The zero-order chi connectivity index (χ0) is 17.6. The van der Waals surface area contributed by atoms with Crippen molar-refractivity contribution in [3.63, 3.8) is 0 Å². The highest BCUT2D eigenvalue weighted by Gasteiger charge is 2.20. The van der Waals surface area contributed by atoms with Gasteiger partial charge in [0.15, 0.2) is 0 Å². The van der Waals surface area contributed by atoms with Crippen LogP contribution in [0.4, 0.5) is 0 Å². The smallest absolute Gasteiger partial charge is 0.251 e. The normalized spacial score (nSPS) is 16.0. The SMILES string of the molecule is Cc1ccc(CN2CCOCC2)cc1C(=O)NCC(C)(C)CN=O. The third-order valence-corrected chi connectivity index (χ3v) is 4.28. The molecule has 6 nitrogen and oxygen atoms in total. The van der Waals surface area contributed by atoms with Gasteiger partial charge in [0.05, 0.1) is 19.8 Å². The van der Waals surface area contributed by atoms with Crippen LogP contribution in [0.25, 0.3) is 0 Å². The molecule has 0 radical (unpaired) electrons. The molecule has 2 rings (SSSR count). The van der Waals surface area contributed by atoms with E-state index in [0.29, 0.717) is 12.1 Å². The number of nitrogens with zero attached hydrogens (tertiary/aromatic N) is 2. The first-order valence-electron chi connectivity index (χ1n) is 8.38. The van der Waals surface area contributed by atoms with Crippen molar-refractivity contribution in [3.05, 3.63) is 39.8 Å². The predicted molar refractivity (Wildman–Crippen MR) is 94.1 cm³/mol. The molecule has 0 saturated carbocycles. The molecule has 1 aromatic carbocycles. The summed E-state index contributed by atoms with van der Waals surface area (Å²) < 4.78 is 5.37. The average Bonchev–Trinajstić information content (AvgIpc) is 2.55. The molecule has 1 saturated heterocycles. The van der Waals surface area contributed by atoms with Crippen LogP contribution >= 0.6 is 0 Å². The van der Waals surface area contributed by atoms with E-state index in [1.807, 2.05) is 32.9 Å². The highest BCUT2D eigenvalue weighted by molar-refractivity contribution is 5.95. The fourth-order valence-electron chi connectivity index (χ4n) is 2.68. The van der Waals surface area contributed by atoms with E-state index in [4.69, 9.17) is 4.74 Å². The van der Waals surface area contributed by atoms with E-state index < -0.39 is 0 Å². The van der Waals surface area contributed by atoms with E-state index in [1.54, 1.807) is 0 Å². The van der Waals surface area contributed by atoms with Crippen molar-refractivity contribution in [2.45, 2.75) is 27.3 Å². The van der Waals surface area contributed by atoms with Gasteiger partial charge >= 0.3 is 0 Å². The van der Waals surface area contributed by atoms with E-state index >= 15 is 0 Å². The van der Waals surface area contributed by atoms with Gasteiger partial charge in [-0.15, -0.1) is 0 Å². The highest BCUT2D eigenvalue weighted by Crippen LogP contribution is 2.16. The molecule has 0 bridgehead atoms. The molecule has 6 heteroatoms. The van der Waals surface area contributed by atoms with Crippen molar-refractivity contribution in [2.24, 2.45) is 10.6 Å². The van der Waals surface area contributed by atoms with Gasteiger partial charge in [-0.05, 0) is 24.1 Å². The maximum Gasteiger partial charge on any atom is 0.251 e. The topological polar surface area (TPSA) is 71.0 Å². The molecule has 0 aliphatic carbocycles. The molecule has 1 fully saturated rings. The molecule has 24 heavy (non-hydrogen) atoms. The first kappa shape index (κ1) is 18.5. The summed E-state index contributed by atoms with van der Waals surface area (Å²) in [5.41, 5.74) is 2.43. The molecule has 1 heterocycles. The zero-order valence-electron chi connectivity index (χ0n) is 14.8. The Morgan fingerprint density at radius 2 is 2.04 bits per heavy atom. The summed E-state index contributed by atoms with van der Waals surface area (Å²) in [7, 11) is 0. The molecule has 0 atom stereocenters. The Labute approximate surface area is 143 Å². The largest absolute Gasteiger partial charge is 0.379 e. The standard InChI is InChI=1S/C18H27N3O3/c1-14-4-5-15(11-21-6-8-24-9-7-21)10-16(14)17(22)19-12-18(2,3)13-20-23/h4-5,10H,6-9,11-13H2,1-3H3,(H,19,22). The van der Waals surface area contributed by atoms with Gasteiger partial charge in [-0.2, -0.15) is 4.91 Å². The minimum atomic E-state index is -0.337. The summed E-state index contributed by atoms with van der Waals surface area (Å²) >= 11 is 0. The van der Waals surface area contributed by atoms with Crippen LogP contribution in [0.3, 0.4) is 0 Å². The summed E-state index contributed by atoms with van der Waals surface area (Å²) in [5, 5.41) is 5.86. The van der Waals surface area contributed by atoms with Crippen LogP contribution < -0.4 is 5.32 Å². The van der Waals surface area contributed by atoms with E-state index in [9.17, 15) is 9.70 Å². The number of benzene rings is 1. The second-order valence-electron chi connectivity index (χ2n) is 7.17. The van der Waals surface area contributed by atoms with E-state index in [1.165, 1.54) is 0 Å². The molecule has 0 aromatic heterocycles. The van der Waals surface area contributed by atoms with Crippen molar-refractivity contribution in [2.75, 3.05) is 39.4 Å². The molecule has 1 N–H and O–H groups in total. The van der Waals surface area contributed by atoms with Crippen LogP contribution in [0.1, 0.15) is 35.3 Å². The Morgan fingerprint density at radius 1 is 1.33 bits per heavy atom. The van der Waals surface area contributed by atoms with E-state index in [-0.39, 0.29) is 17.9 Å². The number of amides is 1. The monoisotopic (exact) mass is 333 g/mol. The van der Waals surface area contributed by atoms with Crippen LogP contribution in [0.5, 0.6) is 0 Å². The molecule has 0 unspecified atom stereocenters. The van der Waals surface area contributed by atoms with Gasteiger partial charge in [0, 0.05) is 37.2 Å². The number of carbonyl (C=O) groups excluding carboxylic acids is 1. The van der Waals surface area contributed by atoms with Gasteiger partial charge in [0.1, 0.15) is 0 Å². The minimum Gasteiger partial charge on any atom is -0.379 e. The van der Waals surface area contributed by atoms with Crippen molar-refractivity contribution < 1.29 is 9.53 Å². The third kappa shape index (κ3) is 5.39. The molecule has 1 aliphatic heterocycles. The Balaban J connectivity index is 2.01. The number of ether oxygens (including phenoxy) is 1. The number of morpholine rings is 1. The zero-order valence-corrected chi connectivity index (χ0v) is 14.8. The molecular weight excluding hydrogens is 306 g/mol. The number of hydrogen-bond donors (Lipinski definition) is 1. The van der Waals surface area contributed by atoms with Crippen LogP contribution in [-0.4, -0.2) is 50.2 Å². The van der Waals surface area contributed by atoms with Crippen molar-refractivity contribution in [1.82, 2.24) is 10.2 Å². The quantitative estimate of drug-likeness (QED) is 0.778. The molecule has 1 aliphatic rings. The lowest BCUT2D eigenvalue weighted by Crippen LogP contribution is -2.36. The van der Waals surface area contributed by atoms with Crippen LogP contribution in [0.2, 0.25) is 0 Å². The van der Waals surface area contributed by atoms with Crippen molar-refractivity contribution in [1.29, 1.82) is 0 Å². The second kappa shape index (κ2) is 8.35. The summed E-state index contributed by atoms with van der Waals surface area (Å²) in [5.74, 6) is -0.102. The average molecular weight is 333 g/mol. The lowest BCUT2D eigenvalue weighted by molar-refractivity contribution is 0.0342. The van der Waals surface area contributed by atoms with Crippen molar-refractivity contribution in [3.8, 4) is 0 Å². The first-order chi connectivity index (χ1) is 11.4. The second-order valence-corrected chi connectivity index (χ2v) is 7.17. The predicted octanol–water partition coefficient (Wildman–Crippen LogP) is 2.35. The summed E-state index contributed by atoms with van der Waals surface area (Å²) in [6.45, 7) is 10.6. The van der Waals surface area contributed by atoms with Gasteiger partial charge < -0.3 is 10.1 Å². The highest BCUT2D eigenvalue weighted by atomic mass is 16.5.